The second kappa shape index (κ2) is 4.48. The summed E-state index contributed by atoms with van der Waals surface area (Å²) >= 11 is 0. The lowest BCUT2D eigenvalue weighted by Crippen LogP contribution is -2.56. The summed E-state index contributed by atoms with van der Waals surface area (Å²) in [5.41, 5.74) is 0.275. The number of likely N-dealkylation sites (N-methyl/N-ethyl adjacent to an activating group) is 1. The number of nitrogens with zero attached hydrogens (tertiary/aromatic N) is 4. The SMILES string of the molecule is CC1C(=O)N(C)CCN1C(=O)c1cnccn1. The molecule has 17 heavy (non-hydrogen) atoms. The first kappa shape index (κ1) is 11.5. The van der Waals surface area contributed by atoms with Gasteiger partial charge >= 0.3 is 0 Å². The molecule has 2 rings (SSSR count). The van der Waals surface area contributed by atoms with Crippen molar-refractivity contribution in [2.45, 2.75) is 13.0 Å². The van der Waals surface area contributed by atoms with Crippen molar-refractivity contribution >= 4 is 11.8 Å². The van der Waals surface area contributed by atoms with E-state index in [0.717, 1.165) is 0 Å². The number of rotatable bonds is 1. The Morgan fingerprint density at radius 3 is 2.82 bits per heavy atom. The summed E-state index contributed by atoms with van der Waals surface area (Å²) < 4.78 is 0. The molecule has 1 unspecified atom stereocenters. The minimum atomic E-state index is -0.441. The largest absolute Gasteiger partial charge is 0.342 e. The van der Waals surface area contributed by atoms with Crippen LogP contribution < -0.4 is 0 Å². The minimum Gasteiger partial charge on any atom is -0.342 e. The van der Waals surface area contributed by atoms with Gasteiger partial charge in [-0.1, -0.05) is 0 Å². The van der Waals surface area contributed by atoms with Crippen LogP contribution in [0.1, 0.15) is 17.4 Å². The van der Waals surface area contributed by atoms with E-state index in [2.05, 4.69) is 9.97 Å². The van der Waals surface area contributed by atoms with E-state index in [4.69, 9.17) is 0 Å². The molecule has 90 valence electrons. The van der Waals surface area contributed by atoms with Crippen LogP contribution in [0.25, 0.3) is 0 Å². The van der Waals surface area contributed by atoms with Gasteiger partial charge in [-0.05, 0) is 6.92 Å². The number of piperazine rings is 1. The smallest absolute Gasteiger partial charge is 0.274 e. The summed E-state index contributed by atoms with van der Waals surface area (Å²) in [6, 6.07) is -0.441. The number of hydrogen-bond donors (Lipinski definition) is 0. The third-order valence-corrected chi connectivity index (χ3v) is 2.92. The van der Waals surface area contributed by atoms with Crippen LogP contribution in [0.4, 0.5) is 0 Å². The number of carbonyl (C=O) groups excluding carboxylic acids is 2. The Hall–Kier alpha value is -1.98. The Morgan fingerprint density at radius 2 is 2.18 bits per heavy atom. The zero-order chi connectivity index (χ0) is 12.4. The molecule has 1 fully saturated rings. The molecule has 1 saturated heterocycles. The predicted octanol–water partition coefficient (Wildman–Crippen LogP) is -0.221. The molecule has 2 amide bonds. The number of aromatic nitrogens is 2. The Bertz CT molecular complexity index is 434. The predicted molar refractivity (Wildman–Crippen MR) is 60.2 cm³/mol. The topological polar surface area (TPSA) is 66.4 Å². The van der Waals surface area contributed by atoms with Crippen LogP contribution in [-0.4, -0.2) is 57.8 Å². The molecule has 0 radical (unpaired) electrons. The molecule has 1 atom stereocenters. The number of carbonyl (C=O) groups is 2. The van der Waals surface area contributed by atoms with E-state index in [-0.39, 0.29) is 17.5 Å². The van der Waals surface area contributed by atoms with E-state index in [1.807, 2.05) is 0 Å². The summed E-state index contributed by atoms with van der Waals surface area (Å²) in [6.45, 7) is 2.81. The van der Waals surface area contributed by atoms with Crippen molar-refractivity contribution < 1.29 is 9.59 Å². The van der Waals surface area contributed by atoms with Crippen LogP contribution in [-0.2, 0) is 4.79 Å². The second-order valence-corrected chi connectivity index (χ2v) is 4.02. The number of hydrogen-bond acceptors (Lipinski definition) is 4. The Kier molecular flexibility index (Phi) is 3.03. The monoisotopic (exact) mass is 234 g/mol. The van der Waals surface area contributed by atoms with E-state index in [1.54, 1.807) is 18.9 Å². The lowest BCUT2D eigenvalue weighted by molar-refractivity contribution is -0.137. The highest BCUT2D eigenvalue weighted by atomic mass is 16.2. The first-order valence-electron chi connectivity index (χ1n) is 5.43. The highest BCUT2D eigenvalue weighted by molar-refractivity contribution is 5.96. The van der Waals surface area contributed by atoms with E-state index in [9.17, 15) is 9.59 Å². The van der Waals surface area contributed by atoms with Gasteiger partial charge in [0.05, 0.1) is 6.20 Å². The molecule has 1 aromatic rings. The molecule has 0 aliphatic carbocycles. The molecule has 0 aromatic carbocycles. The van der Waals surface area contributed by atoms with E-state index in [0.29, 0.717) is 13.1 Å². The van der Waals surface area contributed by atoms with Crippen molar-refractivity contribution in [1.29, 1.82) is 0 Å². The summed E-state index contributed by atoms with van der Waals surface area (Å²) in [6.07, 6.45) is 4.39. The molecule has 0 saturated carbocycles. The van der Waals surface area contributed by atoms with Crippen molar-refractivity contribution in [1.82, 2.24) is 19.8 Å². The van der Waals surface area contributed by atoms with Crippen molar-refractivity contribution in [2.75, 3.05) is 20.1 Å². The van der Waals surface area contributed by atoms with Crippen molar-refractivity contribution in [3.8, 4) is 0 Å². The molecule has 1 aliphatic rings. The van der Waals surface area contributed by atoms with Crippen molar-refractivity contribution in [2.24, 2.45) is 0 Å². The molecule has 2 heterocycles. The summed E-state index contributed by atoms with van der Waals surface area (Å²) in [5, 5.41) is 0. The molecule has 0 spiro atoms. The molecular weight excluding hydrogens is 220 g/mol. The normalized spacial score (nSPS) is 20.6. The molecule has 0 bridgehead atoms. The molecule has 6 heteroatoms. The summed E-state index contributed by atoms with van der Waals surface area (Å²) in [4.78, 5) is 34.9. The standard InChI is InChI=1S/C11H14N4O2/c1-8-10(16)14(2)5-6-15(8)11(17)9-7-12-3-4-13-9/h3-4,7-8H,5-6H2,1-2H3. The van der Waals surface area contributed by atoms with Crippen LogP contribution >= 0.6 is 0 Å². The van der Waals surface area contributed by atoms with Gasteiger partial charge in [-0.15, -0.1) is 0 Å². The lowest BCUT2D eigenvalue weighted by atomic mass is 10.1. The van der Waals surface area contributed by atoms with Gasteiger partial charge < -0.3 is 9.80 Å². The van der Waals surface area contributed by atoms with Gasteiger partial charge in [0, 0.05) is 32.5 Å². The first-order chi connectivity index (χ1) is 8.11. The maximum Gasteiger partial charge on any atom is 0.274 e. The van der Waals surface area contributed by atoms with Crippen LogP contribution in [0.15, 0.2) is 18.6 Å². The molecule has 1 aromatic heterocycles. The summed E-state index contributed by atoms with van der Waals surface area (Å²) in [5.74, 6) is -0.291. The zero-order valence-electron chi connectivity index (χ0n) is 9.83. The fourth-order valence-corrected chi connectivity index (χ4v) is 1.85. The third kappa shape index (κ3) is 2.11. The van der Waals surface area contributed by atoms with Crippen molar-refractivity contribution in [3.63, 3.8) is 0 Å². The average molecular weight is 234 g/mol. The maximum atomic E-state index is 12.1. The first-order valence-corrected chi connectivity index (χ1v) is 5.43. The molecule has 0 N–H and O–H groups in total. The van der Waals surface area contributed by atoms with Crippen LogP contribution in [0, 0.1) is 0 Å². The van der Waals surface area contributed by atoms with Gasteiger partial charge in [0.25, 0.3) is 5.91 Å². The van der Waals surface area contributed by atoms with Gasteiger partial charge in [-0.3, -0.25) is 14.6 Å². The molecule has 6 nitrogen and oxygen atoms in total. The summed E-state index contributed by atoms with van der Waals surface area (Å²) in [7, 11) is 1.74. The minimum absolute atomic E-state index is 0.0477. The molecular formula is C11H14N4O2. The maximum absolute atomic E-state index is 12.1. The van der Waals surface area contributed by atoms with Crippen LogP contribution in [0.3, 0.4) is 0 Å². The van der Waals surface area contributed by atoms with Crippen LogP contribution in [0.5, 0.6) is 0 Å². The zero-order valence-corrected chi connectivity index (χ0v) is 9.83. The fraction of sp³-hybridized carbons (Fsp3) is 0.455. The van der Waals surface area contributed by atoms with E-state index >= 15 is 0 Å². The Morgan fingerprint density at radius 1 is 1.41 bits per heavy atom. The Labute approximate surface area is 99.3 Å². The molecule has 1 aliphatic heterocycles. The Balaban J connectivity index is 2.18. The number of amides is 2. The van der Waals surface area contributed by atoms with E-state index < -0.39 is 6.04 Å². The van der Waals surface area contributed by atoms with Gasteiger partial charge in [0.2, 0.25) is 5.91 Å². The lowest BCUT2D eigenvalue weighted by Gasteiger charge is -2.37. The highest BCUT2D eigenvalue weighted by Crippen LogP contribution is 2.12. The quantitative estimate of drug-likeness (QED) is 0.673. The van der Waals surface area contributed by atoms with Gasteiger partial charge in [0.1, 0.15) is 11.7 Å². The fourth-order valence-electron chi connectivity index (χ4n) is 1.85. The average Bonchev–Trinajstić information content (AvgIpc) is 2.36. The van der Waals surface area contributed by atoms with E-state index in [1.165, 1.54) is 23.5 Å². The second-order valence-electron chi connectivity index (χ2n) is 4.02. The highest BCUT2D eigenvalue weighted by Gasteiger charge is 2.33. The van der Waals surface area contributed by atoms with Gasteiger partial charge in [-0.25, -0.2) is 4.98 Å². The van der Waals surface area contributed by atoms with Crippen LogP contribution in [0.2, 0.25) is 0 Å². The third-order valence-electron chi connectivity index (χ3n) is 2.92. The van der Waals surface area contributed by atoms with Gasteiger partial charge in [0.15, 0.2) is 0 Å². The van der Waals surface area contributed by atoms with Gasteiger partial charge in [-0.2, -0.15) is 0 Å². The van der Waals surface area contributed by atoms with Crippen molar-refractivity contribution in [3.05, 3.63) is 24.3 Å².